The molecular weight excluding hydrogens is 222 g/mol. The molecule has 5 nitrogen and oxygen atoms in total. The zero-order valence-corrected chi connectivity index (χ0v) is 9.73. The first-order valence-corrected chi connectivity index (χ1v) is 5.32. The Labute approximate surface area is 99.1 Å². The van der Waals surface area contributed by atoms with Crippen molar-refractivity contribution in [3.8, 4) is 0 Å². The minimum Gasteiger partial charge on any atom is -0.478 e. The smallest absolute Gasteiger partial charge is 0.335 e. The van der Waals surface area contributed by atoms with E-state index in [2.05, 4.69) is 5.32 Å². The average Bonchev–Trinajstić information content (AvgIpc) is 2.28. The van der Waals surface area contributed by atoms with Crippen molar-refractivity contribution in [2.75, 3.05) is 5.32 Å². The van der Waals surface area contributed by atoms with Gasteiger partial charge in [-0.1, -0.05) is 6.92 Å². The van der Waals surface area contributed by atoms with Crippen LogP contribution in [-0.2, 0) is 0 Å². The second kappa shape index (κ2) is 5.34. The first kappa shape index (κ1) is 13.0. The van der Waals surface area contributed by atoms with E-state index in [4.69, 9.17) is 10.2 Å². The molecule has 0 aliphatic carbocycles. The molecule has 17 heavy (non-hydrogen) atoms. The van der Waals surface area contributed by atoms with Gasteiger partial charge in [-0.15, -0.1) is 0 Å². The first-order valence-electron chi connectivity index (χ1n) is 5.32. The van der Waals surface area contributed by atoms with Crippen LogP contribution >= 0.6 is 0 Å². The minimum atomic E-state index is -1.14. The maximum absolute atomic E-state index is 10.9. The Morgan fingerprint density at radius 2 is 1.65 bits per heavy atom. The topological polar surface area (TPSA) is 86.6 Å². The largest absolute Gasteiger partial charge is 0.478 e. The van der Waals surface area contributed by atoms with Crippen LogP contribution in [0.4, 0.5) is 5.69 Å². The summed E-state index contributed by atoms with van der Waals surface area (Å²) in [4.78, 5) is 21.7. The Kier molecular flexibility index (Phi) is 4.09. The lowest BCUT2D eigenvalue weighted by Crippen LogP contribution is -2.14. The molecule has 1 unspecified atom stereocenters. The molecule has 1 aromatic carbocycles. The quantitative estimate of drug-likeness (QED) is 0.731. The number of carbonyl (C=O) groups is 2. The molecule has 0 aliphatic rings. The van der Waals surface area contributed by atoms with E-state index in [1.807, 2.05) is 13.8 Å². The summed E-state index contributed by atoms with van der Waals surface area (Å²) in [6, 6.07) is 4.16. The van der Waals surface area contributed by atoms with E-state index in [1.165, 1.54) is 12.1 Å². The summed E-state index contributed by atoms with van der Waals surface area (Å²) in [5.41, 5.74) is 0.447. The molecule has 0 aliphatic heterocycles. The highest BCUT2D eigenvalue weighted by atomic mass is 16.4. The molecule has 1 rings (SSSR count). The summed E-state index contributed by atoms with van der Waals surface area (Å²) in [7, 11) is 0. The predicted octanol–water partition coefficient (Wildman–Crippen LogP) is 2.29. The molecule has 0 saturated carbocycles. The first-order chi connectivity index (χ1) is 7.93. The summed E-state index contributed by atoms with van der Waals surface area (Å²) in [5.74, 6) is -2.28. The maximum Gasteiger partial charge on any atom is 0.335 e. The Hall–Kier alpha value is -2.04. The normalized spacial score (nSPS) is 11.9. The lowest BCUT2D eigenvalue weighted by Gasteiger charge is -2.14. The van der Waals surface area contributed by atoms with Crippen molar-refractivity contribution in [1.29, 1.82) is 0 Å². The van der Waals surface area contributed by atoms with Gasteiger partial charge in [0.05, 0.1) is 11.1 Å². The van der Waals surface area contributed by atoms with Crippen molar-refractivity contribution in [2.45, 2.75) is 26.3 Å². The lowest BCUT2D eigenvalue weighted by molar-refractivity contribution is 0.0696. The van der Waals surface area contributed by atoms with Gasteiger partial charge in [-0.2, -0.15) is 0 Å². The monoisotopic (exact) mass is 237 g/mol. The second-order valence-electron chi connectivity index (χ2n) is 3.86. The second-order valence-corrected chi connectivity index (χ2v) is 3.86. The van der Waals surface area contributed by atoms with Crippen molar-refractivity contribution in [3.63, 3.8) is 0 Å². The minimum absolute atomic E-state index is 0.0318. The average molecular weight is 237 g/mol. The van der Waals surface area contributed by atoms with E-state index in [0.717, 1.165) is 12.5 Å². The zero-order valence-electron chi connectivity index (χ0n) is 9.73. The van der Waals surface area contributed by atoms with E-state index < -0.39 is 11.9 Å². The summed E-state index contributed by atoms with van der Waals surface area (Å²) in [6.45, 7) is 3.92. The highest BCUT2D eigenvalue weighted by Crippen LogP contribution is 2.17. The van der Waals surface area contributed by atoms with Gasteiger partial charge in [-0.05, 0) is 31.5 Å². The molecule has 0 aromatic heterocycles. The fourth-order valence-electron chi connectivity index (χ4n) is 1.34. The number of carboxylic acids is 2. The molecule has 0 radical (unpaired) electrons. The number of aromatic carboxylic acids is 2. The van der Waals surface area contributed by atoms with E-state index in [1.54, 1.807) is 0 Å². The number of hydrogen-bond donors (Lipinski definition) is 3. The Morgan fingerprint density at radius 1 is 1.18 bits per heavy atom. The Morgan fingerprint density at radius 3 is 2.00 bits per heavy atom. The van der Waals surface area contributed by atoms with Gasteiger partial charge in [0.1, 0.15) is 0 Å². The van der Waals surface area contributed by atoms with Crippen molar-refractivity contribution in [3.05, 3.63) is 29.3 Å². The molecule has 0 bridgehead atoms. The van der Waals surface area contributed by atoms with Crippen LogP contribution in [-0.4, -0.2) is 28.2 Å². The summed E-state index contributed by atoms with van der Waals surface area (Å²) >= 11 is 0. The van der Waals surface area contributed by atoms with Gasteiger partial charge in [-0.3, -0.25) is 0 Å². The SMILES string of the molecule is CCC(C)Nc1cc(C(=O)O)cc(C(=O)O)c1. The molecule has 92 valence electrons. The summed E-state index contributed by atoms with van der Waals surface area (Å²) in [5, 5.41) is 20.8. The molecule has 0 fully saturated rings. The third kappa shape index (κ3) is 3.48. The van der Waals surface area contributed by atoms with Gasteiger partial charge in [0.2, 0.25) is 0 Å². The maximum atomic E-state index is 10.9. The molecule has 1 aromatic rings. The van der Waals surface area contributed by atoms with E-state index in [-0.39, 0.29) is 17.2 Å². The van der Waals surface area contributed by atoms with Gasteiger partial charge in [0.15, 0.2) is 0 Å². The number of carboxylic acid groups (broad SMARTS) is 2. The number of rotatable bonds is 5. The lowest BCUT2D eigenvalue weighted by atomic mass is 10.1. The van der Waals surface area contributed by atoms with Gasteiger partial charge in [0, 0.05) is 11.7 Å². The van der Waals surface area contributed by atoms with Crippen LogP contribution < -0.4 is 5.32 Å². The Balaban J connectivity index is 3.12. The van der Waals surface area contributed by atoms with Crippen molar-refractivity contribution < 1.29 is 19.8 Å². The van der Waals surface area contributed by atoms with Gasteiger partial charge >= 0.3 is 11.9 Å². The van der Waals surface area contributed by atoms with Crippen LogP contribution in [0.15, 0.2) is 18.2 Å². The van der Waals surface area contributed by atoms with Crippen molar-refractivity contribution in [2.24, 2.45) is 0 Å². The van der Waals surface area contributed by atoms with E-state index in [0.29, 0.717) is 5.69 Å². The molecule has 0 spiro atoms. The van der Waals surface area contributed by atoms with Crippen molar-refractivity contribution in [1.82, 2.24) is 0 Å². The molecule has 1 atom stereocenters. The molecule has 0 amide bonds. The van der Waals surface area contributed by atoms with Crippen molar-refractivity contribution >= 4 is 17.6 Å². The third-order valence-corrected chi connectivity index (χ3v) is 2.45. The van der Waals surface area contributed by atoms with Crippen LogP contribution in [0.25, 0.3) is 0 Å². The molecule has 0 heterocycles. The zero-order chi connectivity index (χ0) is 13.0. The van der Waals surface area contributed by atoms with Crippen LogP contribution in [0.5, 0.6) is 0 Å². The predicted molar refractivity (Wildman–Crippen MR) is 63.7 cm³/mol. The molecule has 5 heteroatoms. The van der Waals surface area contributed by atoms with Crippen LogP contribution in [0, 0.1) is 0 Å². The molecule has 3 N–H and O–H groups in total. The summed E-state index contributed by atoms with van der Waals surface area (Å²) < 4.78 is 0. The van der Waals surface area contributed by atoms with Gasteiger partial charge in [0.25, 0.3) is 0 Å². The fraction of sp³-hybridized carbons (Fsp3) is 0.333. The highest BCUT2D eigenvalue weighted by Gasteiger charge is 2.12. The number of nitrogens with one attached hydrogen (secondary N) is 1. The standard InChI is InChI=1S/C12H15NO4/c1-3-7(2)13-10-5-8(11(14)15)4-9(6-10)12(16)17/h4-7,13H,3H2,1-2H3,(H,14,15)(H,16,17). The van der Waals surface area contributed by atoms with Crippen LogP contribution in [0.2, 0.25) is 0 Å². The van der Waals surface area contributed by atoms with E-state index >= 15 is 0 Å². The summed E-state index contributed by atoms with van der Waals surface area (Å²) in [6.07, 6.45) is 0.861. The van der Waals surface area contributed by atoms with Crippen LogP contribution in [0.3, 0.4) is 0 Å². The van der Waals surface area contributed by atoms with Gasteiger partial charge in [-0.25, -0.2) is 9.59 Å². The third-order valence-electron chi connectivity index (χ3n) is 2.45. The van der Waals surface area contributed by atoms with Gasteiger partial charge < -0.3 is 15.5 Å². The number of hydrogen-bond acceptors (Lipinski definition) is 3. The molecular formula is C12H15NO4. The number of benzene rings is 1. The highest BCUT2D eigenvalue weighted by molar-refractivity contribution is 5.95. The fourth-order valence-corrected chi connectivity index (χ4v) is 1.34. The van der Waals surface area contributed by atoms with Crippen LogP contribution in [0.1, 0.15) is 41.0 Å². The number of anilines is 1. The Bertz CT molecular complexity index is 410. The molecule has 0 saturated heterocycles. The van der Waals surface area contributed by atoms with E-state index in [9.17, 15) is 9.59 Å².